The maximum atomic E-state index is 4.62. The molecule has 3 nitrogen and oxygen atoms in total. The van der Waals surface area contributed by atoms with Crippen LogP contribution < -0.4 is 5.32 Å². The maximum Gasteiger partial charge on any atom is 0.0672 e. The maximum absolute atomic E-state index is 4.62. The van der Waals surface area contributed by atoms with Crippen molar-refractivity contribution in [2.75, 3.05) is 0 Å². The summed E-state index contributed by atoms with van der Waals surface area (Å²) < 4.78 is 2.06. The number of aryl methyl sites for hydroxylation is 3. The molecule has 0 atom stereocenters. The third-order valence-corrected chi connectivity index (χ3v) is 3.71. The van der Waals surface area contributed by atoms with E-state index in [1.54, 1.807) is 0 Å². The number of nitrogens with one attached hydrogen (secondary N) is 1. The molecule has 0 fully saturated rings. The third kappa shape index (κ3) is 3.94. The topological polar surface area (TPSA) is 29.9 Å². The molecule has 0 aliphatic heterocycles. The molecule has 1 heterocycles. The second-order valence-electron chi connectivity index (χ2n) is 6.08. The smallest absolute Gasteiger partial charge is 0.0672 e. The van der Waals surface area contributed by atoms with Crippen LogP contribution in [0, 0.1) is 13.8 Å². The number of hydrogen-bond acceptors (Lipinski definition) is 2. The second kappa shape index (κ2) is 6.90. The van der Waals surface area contributed by atoms with Gasteiger partial charge in [0.1, 0.15) is 0 Å². The molecule has 0 aliphatic carbocycles. The highest BCUT2D eigenvalue weighted by Gasteiger charge is 2.10. The first-order valence-electron chi connectivity index (χ1n) is 7.88. The number of benzene rings is 1. The molecule has 0 saturated carbocycles. The summed E-state index contributed by atoms with van der Waals surface area (Å²) in [6.45, 7) is 12.7. The average molecular weight is 285 g/mol. The Labute approximate surface area is 128 Å². The first-order valence-corrected chi connectivity index (χ1v) is 7.88. The Balaban J connectivity index is 2.31. The van der Waals surface area contributed by atoms with Crippen LogP contribution in [0.5, 0.6) is 0 Å². The lowest BCUT2D eigenvalue weighted by molar-refractivity contribution is 0.589. The van der Waals surface area contributed by atoms with Crippen molar-refractivity contribution in [1.29, 1.82) is 0 Å². The van der Waals surface area contributed by atoms with Gasteiger partial charge in [-0.25, -0.2) is 0 Å². The van der Waals surface area contributed by atoms with Crippen LogP contribution in [0.1, 0.15) is 44.0 Å². The van der Waals surface area contributed by atoms with E-state index in [1.165, 1.54) is 22.3 Å². The minimum absolute atomic E-state index is 0.504. The van der Waals surface area contributed by atoms with E-state index < -0.39 is 0 Å². The van der Waals surface area contributed by atoms with Crippen molar-refractivity contribution in [2.45, 2.75) is 60.2 Å². The number of rotatable bonds is 6. The Morgan fingerprint density at radius 2 is 1.95 bits per heavy atom. The SMILES string of the molecule is CCCn1cc(-c2cc(CNC(C)C)ccc2C)c(C)n1. The lowest BCUT2D eigenvalue weighted by atomic mass is 9.98. The Hall–Kier alpha value is -1.61. The first kappa shape index (κ1) is 15.8. The van der Waals surface area contributed by atoms with Crippen LogP contribution in [0.3, 0.4) is 0 Å². The van der Waals surface area contributed by atoms with Gasteiger partial charge in [-0.05, 0) is 43.0 Å². The van der Waals surface area contributed by atoms with Crippen molar-refractivity contribution in [3.63, 3.8) is 0 Å². The molecule has 21 heavy (non-hydrogen) atoms. The summed E-state index contributed by atoms with van der Waals surface area (Å²) in [5.41, 5.74) is 6.31. The predicted molar refractivity (Wildman–Crippen MR) is 89.4 cm³/mol. The molecule has 114 valence electrons. The molecule has 0 saturated heterocycles. The Morgan fingerprint density at radius 1 is 1.19 bits per heavy atom. The van der Waals surface area contributed by atoms with E-state index in [2.05, 4.69) is 74.1 Å². The highest BCUT2D eigenvalue weighted by atomic mass is 15.3. The van der Waals surface area contributed by atoms with E-state index in [1.807, 2.05) is 0 Å². The normalized spacial score (nSPS) is 11.3. The van der Waals surface area contributed by atoms with Gasteiger partial charge in [-0.15, -0.1) is 0 Å². The summed E-state index contributed by atoms with van der Waals surface area (Å²) in [5, 5.41) is 8.10. The third-order valence-electron chi connectivity index (χ3n) is 3.71. The van der Waals surface area contributed by atoms with E-state index in [4.69, 9.17) is 0 Å². The molecule has 2 rings (SSSR count). The van der Waals surface area contributed by atoms with Crippen molar-refractivity contribution in [3.05, 3.63) is 41.2 Å². The molecular formula is C18H27N3. The summed E-state index contributed by atoms with van der Waals surface area (Å²) in [6.07, 6.45) is 3.29. The summed E-state index contributed by atoms with van der Waals surface area (Å²) in [4.78, 5) is 0. The van der Waals surface area contributed by atoms with E-state index in [9.17, 15) is 0 Å². The second-order valence-corrected chi connectivity index (χ2v) is 6.08. The van der Waals surface area contributed by atoms with Crippen molar-refractivity contribution in [3.8, 4) is 11.1 Å². The van der Waals surface area contributed by atoms with Crippen molar-refractivity contribution >= 4 is 0 Å². The van der Waals surface area contributed by atoms with Crippen LogP contribution in [0.15, 0.2) is 24.4 Å². The van der Waals surface area contributed by atoms with Gasteiger partial charge in [-0.1, -0.05) is 32.9 Å². The zero-order chi connectivity index (χ0) is 15.4. The van der Waals surface area contributed by atoms with Crippen LogP contribution in [0.25, 0.3) is 11.1 Å². The van der Waals surface area contributed by atoms with E-state index in [-0.39, 0.29) is 0 Å². The van der Waals surface area contributed by atoms with Crippen LogP contribution in [-0.2, 0) is 13.1 Å². The lowest BCUT2D eigenvalue weighted by Crippen LogP contribution is -2.21. The number of aromatic nitrogens is 2. The molecule has 1 aromatic heterocycles. The monoisotopic (exact) mass is 285 g/mol. The fourth-order valence-corrected chi connectivity index (χ4v) is 2.52. The van der Waals surface area contributed by atoms with Crippen LogP contribution in [0.2, 0.25) is 0 Å². The van der Waals surface area contributed by atoms with Gasteiger partial charge in [0.2, 0.25) is 0 Å². The highest BCUT2D eigenvalue weighted by molar-refractivity contribution is 5.69. The molecular weight excluding hydrogens is 258 g/mol. The minimum Gasteiger partial charge on any atom is -0.310 e. The first-order chi connectivity index (χ1) is 10.0. The fourth-order valence-electron chi connectivity index (χ4n) is 2.52. The van der Waals surface area contributed by atoms with Gasteiger partial charge in [-0.2, -0.15) is 5.10 Å². The summed E-state index contributed by atoms with van der Waals surface area (Å²) >= 11 is 0. The largest absolute Gasteiger partial charge is 0.310 e. The van der Waals surface area contributed by atoms with E-state index in [0.29, 0.717) is 6.04 Å². The van der Waals surface area contributed by atoms with Crippen LogP contribution in [-0.4, -0.2) is 15.8 Å². The van der Waals surface area contributed by atoms with Gasteiger partial charge in [-0.3, -0.25) is 4.68 Å². The van der Waals surface area contributed by atoms with Gasteiger partial charge in [0.15, 0.2) is 0 Å². The zero-order valence-corrected chi connectivity index (χ0v) is 13.9. The fraction of sp³-hybridized carbons (Fsp3) is 0.500. The molecule has 0 unspecified atom stereocenters. The minimum atomic E-state index is 0.504. The van der Waals surface area contributed by atoms with Gasteiger partial charge in [0.05, 0.1) is 5.69 Å². The van der Waals surface area contributed by atoms with Crippen LogP contribution in [0.4, 0.5) is 0 Å². The molecule has 1 aromatic carbocycles. The standard InChI is InChI=1S/C18H27N3/c1-6-9-21-12-18(15(5)20-21)17-10-16(8-7-14(17)4)11-19-13(2)3/h7-8,10,12-13,19H,6,9,11H2,1-5H3. The molecule has 2 aromatic rings. The molecule has 0 spiro atoms. The Bertz CT molecular complexity index is 597. The highest BCUT2D eigenvalue weighted by Crippen LogP contribution is 2.27. The van der Waals surface area contributed by atoms with Gasteiger partial charge < -0.3 is 5.32 Å². The zero-order valence-electron chi connectivity index (χ0n) is 13.9. The lowest BCUT2D eigenvalue weighted by Gasteiger charge is -2.11. The summed E-state index contributed by atoms with van der Waals surface area (Å²) in [7, 11) is 0. The number of nitrogens with zero attached hydrogens (tertiary/aromatic N) is 2. The quantitative estimate of drug-likeness (QED) is 0.867. The molecule has 3 heteroatoms. The molecule has 0 amide bonds. The van der Waals surface area contributed by atoms with Crippen molar-refractivity contribution in [1.82, 2.24) is 15.1 Å². The molecule has 1 N–H and O–H groups in total. The van der Waals surface area contributed by atoms with Gasteiger partial charge >= 0.3 is 0 Å². The molecule has 0 bridgehead atoms. The predicted octanol–water partition coefficient (Wildman–Crippen LogP) is 4.07. The van der Waals surface area contributed by atoms with Gasteiger partial charge in [0, 0.05) is 30.9 Å². The van der Waals surface area contributed by atoms with Crippen molar-refractivity contribution in [2.24, 2.45) is 0 Å². The average Bonchev–Trinajstić information content (AvgIpc) is 2.79. The Morgan fingerprint density at radius 3 is 2.62 bits per heavy atom. The van der Waals surface area contributed by atoms with E-state index in [0.717, 1.165) is 25.2 Å². The van der Waals surface area contributed by atoms with Gasteiger partial charge in [0.25, 0.3) is 0 Å². The summed E-state index contributed by atoms with van der Waals surface area (Å²) in [5.74, 6) is 0. The summed E-state index contributed by atoms with van der Waals surface area (Å²) in [6, 6.07) is 7.22. The van der Waals surface area contributed by atoms with E-state index >= 15 is 0 Å². The van der Waals surface area contributed by atoms with Crippen molar-refractivity contribution < 1.29 is 0 Å². The number of hydrogen-bond donors (Lipinski definition) is 1. The Kier molecular flexibility index (Phi) is 5.18. The molecule has 0 radical (unpaired) electrons. The molecule has 0 aliphatic rings. The van der Waals surface area contributed by atoms with Crippen LogP contribution >= 0.6 is 0 Å².